The van der Waals surface area contributed by atoms with Gasteiger partial charge in [0, 0.05) is 12.8 Å². The van der Waals surface area contributed by atoms with Gasteiger partial charge in [-0.15, -0.1) is 10.2 Å². The first-order chi connectivity index (χ1) is 13.2. The van der Waals surface area contributed by atoms with Crippen LogP contribution in [0.3, 0.4) is 0 Å². The SMILES string of the molecule is CCC(C(=O)Nc1nnc(COC)s1)S(=O)(=O)CC(=O)Nc1ccc(F)cc1. The number of amides is 2. The average molecular weight is 430 g/mol. The van der Waals surface area contributed by atoms with Crippen LogP contribution in [-0.4, -0.2) is 48.5 Å². The minimum atomic E-state index is -4.09. The molecule has 0 aliphatic rings. The van der Waals surface area contributed by atoms with E-state index < -0.39 is 38.5 Å². The van der Waals surface area contributed by atoms with Gasteiger partial charge < -0.3 is 10.1 Å². The second kappa shape index (κ2) is 9.66. The van der Waals surface area contributed by atoms with Crippen molar-refractivity contribution < 1.29 is 27.1 Å². The fourth-order valence-electron chi connectivity index (χ4n) is 2.29. The fourth-order valence-corrected chi connectivity index (χ4v) is 4.53. The van der Waals surface area contributed by atoms with Crippen molar-refractivity contribution in [1.29, 1.82) is 0 Å². The molecule has 0 saturated carbocycles. The second-order valence-electron chi connectivity index (χ2n) is 5.68. The van der Waals surface area contributed by atoms with Crippen LogP contribution in [0.4, 0.5) is 15.2 Å². The molecule has 1 atom stereocenters. The molecule has 2 rings (SSSR count). The summed E-state index contributed by atoms with van der Waals surface area (Å²) in [6.07, 6.45) is -0.0261. The number of anilines is 2. The Morgan fingerprint density at radius 2 is 1.89 bits per heavy atom. The number of benzene rings is 1. The topological polar surface area (TPSA) is 127 Å². The number of rotatable bonds is 9. The molecule has 1 heterocycles. The molecule has 0 aliphatic heterocycles. The van der Waals surface area contributed by atoms with Crippen molar-refractivity contribution in [2.75, 3.05) is 23.5 Å². The van der Waals surface area contributed by atoms with E-state index in [0.717, 1.165) is 23.5 Å². The maximum Gasteiger partial charge on any atom is 0.244 e. The van der Waals surface area contributed by atoms with Crippen LogP contribution in [0.15, 0.2) is 24.3 Å². The van der Waals surface area contributed by atoms with Gasteiger partial charge in [0.1, 0.15) is 28.4 Å². The molecule has 9 nitrogen and oxygen atoms in total. The Labute approximate surface area is 165 Å². The molecule has 0 radical (unpaired) electrons. The van der Waals surface area contributed by atoms with Gasteiger partial charge in [-0.1, -0.05) is 18.3 Å². The summed E-state index contributed by atoms with van der Waals surface area (Å²) in [6.45, 7) is 1.74. The molecule has 28 heavy (non-hydrogen) atoms. The lowest BCUT2D eigenvalue weighted by atomic mass is 10.3. The lowest BCUT2D eigenvalue weighted by Crippen LogP contribution is -2.39. The number of hydrogen-bond acceptors (Lipinski definition) is 8. The number of ether oxygens (including phenoxy) is 1. The van der Waals surface area contributed by atoms with Crippen LogP contribution < -0.4 is 10.6 Å². The first-order valence-electron chi connectivity index (χ1n) is 8.14. The van der Waals surface area contributed by atoms with Gasteiger partial charge in [-0.05, 0) is 30.7 Å². The molecule has 152 valence electrons. The van der Waals surface area contributed by atoms with Crippen LogP contribution in [-0.2, 0) is 30.8 Å². The third-order valence-corrected chi connectivity index (χ3v) is 6.41. The van der Waals surface area contributed by atoms with E-state index in [0.29, 0.717) is 5.01 Å². The molecule has 0 saturated heterocycles. The summed E-state index contributed by atoms with van der Waals surface area (Å²) in [7, 11) is -2.61. The van der Waals surface area contributed by atoms with Gasteiger partial charge in [0.15, 0.2) is 9.84 Å². The molecule has 2 amide bonds. The molecule has 0 spiro atoms. The van der Waals surface area contributed by atoms with Crippen LogP contribution in [0.5, 0.6) is 0 Å². The Bertz CT molecular complexity index is 931. The van der Waals surface area contributed by atoms with Crippen molar-refractivity contribution in [3.63, 3.8) is 0 Å². The minimum Gasteiger partial charge on any atom is -0.377 e. The number of halogens is 1. The lowest BCUT2D eigenvalue weighted by Gasteiger charge is -2.14. The van der Waals surface area contributed by atoms with Crippen LogP contribution in [0.25, 0.3) is 0 Å². The number of nitrogens with one attached hydrogen (secondary N) is 2. The van der Waals surface area contributed by atoms with Crippen molar-refractivity contribution in [2.45, 2.75) is 25.2 Å². The van der Waals surface area contributed by atoms with Crippen LogP contribution >= 0.6 is 11.3 Å². The van der Waals surface area contributed by atoms with E-state index in [4.69, 9.17) is 4.74 Å². The maximum absolute atomic E-state index is 12.9. The summed E-state index contributed by atoms with van der Waals surface area (Å²) in [5.74, 6) is -2.99. The fraction of sp³-hybridized carbons (Fsp3) is 0.375. The van der Waals surface area contributed by atoms with Gasteiger partial charge in [0.2, 0.25) is 16.9 Å². The Morgan fingerprint density at radius 3 is 2.50 bits per heavy atom. The molecule has 1 aromatic heterocycles. The largest absolute Gasteiger partial charge is 0.377 e. The highest BCUT2D eigenvalue weighted by molar-refractivity contribution is 7.93. The van der Waals surface area contributed by atoms with E-state index in [-0.39, 0.29) is 23.8 Å². The molecule has 2 aromatic rings. The van der Waals surface area contributed by atoms with E-state index in [1.54, 1.807) is 0 Å². The third-order valence-electron chi connectivity index (χ3n) is 3.52. The zero-order valence-corrected chi connectivity index (χ0v) is 16.8. The molecule has 2 N–H and O–H groups in total. The number of nitrogens with zero attached hydrogens (tertiary/aromatic N) is 2. The molecule has 0 bridgehead atoms. The predicted molar refractivity (Wildman–Crippen MR) is 102 cm³/mol. The van der Waals surface area contributed by atoms with Crippen molar-refractivity contribution in [2.24, 2.45) is 0 Å². The first kappa shape index (κ1) is 21.9. The first-order valence-corrected chi connectivity index (χ1v) is 10.7. The van der Waals surface area contributed by atoms with Crippen LogP contribution in [0.1, 0.15) is 18.4 Å². The highest BCUT2D eigenvalue weighted by Crippen LogP contribution is 2.18. The average Bonchev–Trinajstić information content (AvgIpc) is 3.04. The van der Waals surface area contributed by atoms with Crippen molar-refractivity contribution in [1.82, 2.24) is 10.2 Å². The molecule has 0 fully saturated rings. The number of sulfone groups is 1. The maximum atomic E-state index is 12.9. The molecule has 1 aromatic carbocycles. The summed E-state index contributed by atoms with van der Waals surface area (Å²) in [4.78, 5) is 24.4. The number of carbonyl (C=O) groups is 2. The Morgan fingerprint density at radius 1 is 1.21 bits per heavy atom. The van der Waals surface area contributed by atoms with Gasteiger partial charge >= 0.3 is 0 Å². The van der Waals surface area contributed by atoms with Crippen LogP contribution in [0, 0.1) is 5.82 Å². The quantitative estimate of drug-likeness (QED) is 0.618. The van der Waals surface area contributed by atoms with Crippen molar-refractivity contribution in [3.8, 4) is 0 Å². The highest BCUT2D eigenvalue weighted by atomic mass is 32.2. The van der Waals surface area contributed by atoms with Crippen molar-refractivity contribution in [3.05, 3.63) is 35.1 Å². The summed E-state index contributed by atoms with van der Waals surface area (Å²) < 4.78 is 42.8. The molecular weight excluding hydrogens is 411 g/mol. The van der Waals surface area contributed by atoms with Gasteiger partial charge in [-0.25, -0.2) is 12.8 Å². The summed E-state index contributed by atoms with van der Waals surface area (Å²) >= 11 is 1.06. The summed E-state index contributed by atoms with van der Waals surface area (Å²) in [5, 5.41) is 11.5. The molecule has 12 heteroatoms. The molecule has 0 aliphatic carbocycles. The zero-order valence-electron chi connectivity index (χ0n) is 15.1. The normalized spacial score (nSPS) is 12.4. The minimum absolute atomic E-state index is 0.0261. The number of methoxy groups -OCH3 is 1. The lowest BCUT2D eigenvalue weighted by molar-refractivity contribution is -0.115. The Balaban J connectivity index is 2.02. The van der Waals surface area contributed by atoms with E-state index in [2.05, 4.69) is 20.8 Å². The third kappa shape index (κ3) is 6.04. The smallest absolute Gasteiger partial charge is 0.244 e. The van der Waals surface area contributed by atoms with Crippen molar-refractivity contribution >= 4 is 43.8 Å². The number of carbonyl (C=O) groups excluding carboxylic acids is 2. The van der Waals surface area contributed by atoms with E-state index in [9.17, 15) is 22.4 Å². The summed E-state index contributed by atoms with van der Waals surface area (Å²) in [6, 6.07) is 4.87. The predicted octanol–water partition coefficient (Wildman–Crippen LogP) is 1.59. The Kier molecular flexibility index (Phi) is 7.54. The number of aromatic nitrogens is 2. The van der Waals surface area contributed by atoms with E-state index >= 15 is 0 Å². The summed E-state index contributed by atoms with van der Waals surface area (Å²) in [5.41, 5.74) is 0.249. The van der Waals surface area contributed by atoms with Gasteiger partial charge in [0.05, 0.1) is 0 Å². The number of hydrogen-bond donors (Lipinski definition) is 2. The highest BCUT2D eigenvalue weighted by Gasteiger charge is 2.33. The zero-order chi connectivity index (χ0) is 20.7. The van der Waals surface area contributed by atoms with Crippen LogP contribution in [0.2, 0.25) is 0 Å². The van der Waals surface area contributed by atoms with E-state index in [1.807, 2.05) is 0 Å². The van der Waals surface area contributed by atoms with E-state index in [1.165, 1.54) is 26.2 Å². The van der Waals surface area contributed by atoms with Gasteiger partial charge in [-0.2, -0.15) is 0 Å². The second-order valence-corrected chi connectivity index (χ2v) is 8.93. The molecule has 1 unspecified atom stereocenters. The van der Waals surface area contributed by atoms with Gasteiger partial charge in [0.25, 0.3) is 0 Å². The monoisotopic (exact) mass is 430 g/mol. The standard InChI is InChI=1S/C16H19FN4O5S2/c1-3-12(15(23)19-16-21-20-14(27-16)8-26-2)28(24,25)9-13(22)18-11-6-4-10(17)5-7-11/h4-7,12H,3,8-9H2,1-2H3,(H,18,22)(H,19,21,23). The van der Waals surface area contributed by atoms with Gasteiger partial charge in [-0.3, -0.25) is 14.9 Å². The Hall–Kier alpha value is -2.44. The molecular formula is C16H19FN4O5S2.